The van der Waals surface area contributed by atoms with Crippen LogP contribution in [0.5, 0.6) is 0 Å². The molecule has 0 aromatic carbocycles. The first-order valence-corrected chi connectivity index (χ1v) is 3.46. The van der Waals surface area contributed by atoms with E-state index in [1.807, 2.05) is 0 Å². The number of aliphatic hydroxyl groups excluding tert-OH is 2. The minimum absolute atomic E-state index is 0. The maximum absolute atomic E-state index is 9.26. The van der Waals surface area contributed by atoms with Gasteiger partial charge in [0.15, 0.2) is 0 Å². The molecule has 0 spiro atoms. The summed E-state index contributed by atoms with van der Waals surface area (Å²) in [5, 5.41) is 34.2. The topological polar surface area (TPSA) is 121 Å². The molecule has 0 amide bonds. The van der Waals surface area contributed by atoms with Gasteiger partial charge >= 0.3 is 37.7 Å². The zero-order chi connectivity index (χ0) is 10.3. The van der Waals surface area contributed by atoms with E-state index in [0.717, 1.165) is 0 Å². The van der Waals surface area contributed by atoms with E-state index in [1.54, 1.807) is 0 Å². The van der Waals surface area contributed by atoms with E-state index in [-0.39, 0.29) is 37.7 Å². The van der Waals surface area contributed by atoms with Crippen LogP contribution >= 0.6 is 25.3 Å². The molecule has 13 heavy (non-hydrogen) atoms. The van der Waals surface area contributed by atoms with Gasteiger partial charge in [0, 0.05) is 0 Å². The minimum Gasteiger partial charge on any atom is -0.546 e. The summed E-state index contributed by atoms with van der Waals surface area (Å²) < 4.78 is 0. The molecule has 9 heteroatoms. The Bertz CT molecular complexity index is 143. The van der Waals surface area contributed by atoms with E-state index >= 15 is 0 Å². The van der Waals surface area contributed by atoms with Crippen LogP contribution in [0.2, 0.25) is 0 Å². The number of aliphatic hydroxyl groups is 2. The summed E-state index contributed by atoms with van der Waals surface area (Å²) in [6.07, 6.45) is 0. The number of aliphatic carboxylic acids is 2. The van der Waals surface area contributed by atoms with Gasteiger partial charge in [0.2, 0.25) is 0 Å². The SMILES string of the molecule is O=C([O-])C(O)S.O=C([O-])C(O)S.[Ca+2]. The minimum atomic E-state index is -1.65. The van der Waals surface area contributed by atoms with Crippen LogP contribution in [0.15, 0.2) is 0 Å². The fourth-order valence-corrected chi connectivity index (χ4v) is 0. The summed E-state index contributed by atoms with van der Waals surface area (Å²) in [7, 11) is 0. The molecule has 0 aromatic heterocycles. The second kappa shape index (κ2) is 10.9. The molecule has 0 rings (SSSR count). The van der Waals surface area contributed by atoms with E-state index in [1.165, 1.54) is 0 Å². The van der Waals surface area contributed by atoms with Crippen molar-refractivity contribution in [3.05, 3.63) is 0 Å². The van der Waals surface area contributed by atoms with Crippen LogP contribution in [0.1, 0.15) is 0 Å². The molecular formula is C4H6CaO6S2. The zero-order valence-corrected chi connectivity index (χ0v) is 10.3. The normalized spacial score (nSPS) is 12.6. The predicted molar refractivity (Wildman–Crippen MR) is 45.8 cm³/mol. The third kappa shape index (κ3) is 19.3. The Morgan fingerprint density at radius 2 is 1.08 bits per heavy atom. The second-order valence-corrected chi connectivity index (χ2v) is 2.36. The molecule has 72 valence electrons. The molecule has 0 saturated heterocycles. The van der Waals surface area contributed by atoms with Gasteiger partial charge in [-0.2, -0.15) is 0 Å². The Labute approximate surface area is 115 Å². The first kappa shape index (κ1) is 19.4. The molecule has 0 aliphatic heterocycles. The second-order valence-electron chi connectivity index (χ2n) is 1.39. The average Bonchev–Trinajstić information content (AvgIpc) is 1.88. The molecule has 2 unspecified atom stereocenters. The number of hydrogen-bond donors (Lipinski definition) is 4. The average molecular weight is 254 g/mol. The van der Waals surface area contributed by atoms with Crippen LogP contribution in [0.3, 0.4) is 0 Å². The molecule has 2 N–H and O–H groups in total. The van der Waals surface area contributed by atoms with E-state index in [4.69, 9.17) is 10.2 Å². The van der Waals surface area contributed by atoms with Crippen molar-refractivity contribution in [2.75, 3.05) is 0 Å². The van der Waals surface area contributed by atoms with Crippen LogP contribution in [0, 0.1) is 0 Å². The maximum Gasteiger partial charge on any atom is 2.00 e. The summed E-state index contributed by atoms with van der Waals surface area (Å²) in [6.45, 7) is 0. The number of hydrogen-bond acceptors (Lipinski definition) is 8. The van der Waals surface area contributed by atoms with Crippen LogP contribution in [-0.4, -0.2) is 70.8 Å². The monoisotopic (exact) mass is 254 g/mol. The summed E-state index contributed by atoms with van der Waals surface area (Å²) in [5.41, 5.74) is -3.30. The van der Waals surface area contributed by atoms with Gasteiger partial charge in [-0.05, 0) is 0 Å². The predicted octanol–water partition coefficient (Wildman–Crippen LogP) is -4.41. The van der Waals surface area contributed by atoms with Crippen molar-refractivity contribution in [3.63, 3.8) is 0 Å². The third-order valence-electron chi connectivity index (χ3n) is 0.422. The number of carboxylic acids is 2. The van der Waals surface area contributed by atoms with Crippen molar-refractivity contribution in [2.45, 2.75) is 10.9 Å². The smallest absolute Gasteiger partial charge is 0.546 e. The van der Waals surface area contributed by atoms with Gasteiger partial charge in [0.25, 0.3) is 0 Å². The maximum atomic E-state index is 9.26. The molecule has 2 atom stereocenters. The first-order valence-electron chi connectivity index (χ1n) is 2.43. The van der Waals surface area contributed by atoms with Gasteiger partial charge in [-0.25, -0.2) is 0 Å². The van der Waals surface area contributed by atoms with Gasteiger partial charge in [-0.3, -0.25) is 0 Å². The van der Waals surface area contributed by atoms with Crippen molar-refractivity contribution in [1.29, 1.82) is 0 Å². The van der Waals surface area contributed by atoms with E-state index < -0.39 is 22.8 Å². The van der Waals surface area contributed by atoms with Crippen molar-refractivity contribution >= 4 is 74.9 Å². The fraction of sp³-hybridized carbons (Fsp3) is 0.500. The molecule has 0 fully saturated rings. The van der Waals surface area contributed by atoms with Crippen molar-refractivity contribution in [3.8, 4) is 0 Å². The van der Waals surface area contributed by atoms with E-state index in [2.05, 4.69) is 25.3 Å². The zero-order valence-electron chi connectivity index (χ0n) is 6.28. The number of carbonyl (C=O) groups is 2. The van der Waals surface area contributed by atoms with E-state index in [0.29, 0.717) is 0 Å². The Morgan fingerprint density at radius 3 is 1.08 bits per heavy atom. The molecule has 0 bridgehead atoms. The fourth-order valence-electron chi connectivity index (χ4n) is 0. The van der Waals surface area contributed by atoms with E-state index in [9.17, 15) is 19.8 Å². The van der Waals surface area contributed by atoms with Gasteiger partial charge < -0.3 is 30.0 Å². The van der Waals surface area contributed by atoms with Crippen LogP contribution in [0.4, 0.5) is 0 Å². The van der Waals surface area contributed by atoms with Gasteiger partial charge in [0.05, 0.1) is 11.9 Å². The molecule has 0 saturated carbocycles. The summed E-state index contributed by atoms with van der Waals surface area (Å²) >= 11 is 6.17. The summed E-state index contributed by atoms with van der Waals surface area (Å²) in [6, 6.07) is 0. The largest absolute Gasteiger partial charge is 2.00 e. The van der Waals surface area contributed by atoms with Crippen LogP contribution < -0.4 is 10.2 Å². The first-order chi connectivity index (χ1) is 5.29. The Kier molecular flexibility index (Phi) is 16.3. The molecule has 6 nitrogen and oxygen atoms in total. The summed E-state index contributed by atoms with van der Waals surface area (Å²) in [5.74, 6) is -3.14. The van der Waals surface area contributed by atoms with Crippen LogP contribution in [-0.2, 0) is 9.59 Å². The quantitative estimate of drug-likeness (QED) is 0.224. The van der Waals surface area contributed by atoms with Gasteiger partial charge in [-0.15, -0.1) is 25.3 Å². The standard InChI is InChI=1S/2C2H4O3S.Ca/c2*3-1(4)2(5)6;/h2*2,5-6H,(H,3,4);/q;;+2/p-2. The summed E-state index contributed by atoms with van der Waals surface area (Å²) in [4.78, 5) is 18.5. The number of carbonyl (C=O) groups excluding carboxylic acids is 2. The van der Waals surface area contributed by atoms with Gasteiger partial charge in [-0.1, -0.05) is 0 Å². The number of rotatable bonds is 2. The van der Waals surface area contributed by atoms with Crippen molar-refractivity contribution in [1.82, 2.24) is 0 Å². The Hall–Kier alpha value is 0.820. The number of thiol groups is 2. The molecule has 0 aliphatic carbocycles. The van der Waals surface area contributed by atoms with Crippen molar-refractivity contribution < 1.29 is 30.0 Å². The van der Waals surface area contributed by atoms with Crippen LogP contribution in [0.25, 0.3) is 0 Å². The molecule has 0 aliphatic rings. The number of carboxylic acid groups (broad SMARTS) is 2. The molecule has 0 aromatic rings. The molecular weight excluding hydrogens is 248 g/mol. The molecule has 0 heterocycles. The molecule has 0 radical (unpaired) electrons. The Balaban J connectivity index is -0.000000143. The van der Waals surface area contributed by atoms with Crippen molar-refractivity contribution in [2.24, 2.45) is 0 Å². The third-order valence-corrected chi connectivity index (χ3v) is 0.843. The van der Waals surface area contributed by atoms with Gasteiger partial charge in [0.1, 0.15) is 10.9 Å². The Morgan fingerprint density at radius 1 is 1.00 bits per heavy atom.